The van der Waals surface area contributed by atoms with Crippen LogP contribution in [0.2, 0.25) is 0 Å². The molecule has 24 heavy (non-hydrogen) atoms. The first-order valence-corrected chi connectivity index (χ1v) is 5.93. The van der Waals surface area contributed by atoms with Crippen molar-refractivity contribution >= 4 is 17.5 Å². The summed E-state index contributed by atoms with van der Waals surface area (Å²) >= 11 is 0. The topological polar surface area (TPSA) is 184 Å². The number of rotatable bonds is 2. The molecule has 2 rings (SSSR count). The Morgan fingerprint density at radius 3 is 1.17 bits per heavy atom. The first-order valence-electron chi connectivity index (χ1n) is 5.93. The van der Waals surface area contributed by atoms with Crippen LogP contribution < -0.4 is 0 Å². The van der Waals surface area contributed by atoms with Crippen LogP contribution in [0.5, 0.6) is 11.5 Å². The molecule has 0 atom stereocenters. The molecule has 4 N–H and O–H groups in total. The van der Waals surface area contributed by atoms with Crippen molar-refractivity contribution in [3.63, 3.8) is 0 Å². The van der Waals surface area contributed by atoms with E-state index in [0.717, 1.165) is 0 Å². The third-order valence-corrected chi connectivity index (χ3v) is 2.16. The van der Waals surface area contributed by atoms with Crippen molar-refractivity contribution in [3.8, 4) is 11.5 Å². The van der Waals surface area contributed by atoms with Gasteiger partial charge in [-0.2, -0.15) is 0 Å². The van der Waals surface area contributed by atoms with Gasteiger partial charge in [-0.05, 0) is 12.1 Å². The van der Waals surface area contributed by atoms with Gasteiger partial charge in [0, 0.05) is 12.1 Å². The average molecular weight is 340 g/mol. The molecule has 0 heterocycles. The first kappa shape index (κ1) is 20.1. The van der Waals surface area contributed by atoms with Gasteiger partial charge in [-0.3, -0.25) is 20.2 Å². The minimum absolute atomic E-state index is 0.262. The van der Waals surface area contributed by atoms with Gasteiger partial charge in [0.05, 0.1) is 9.85 Å². The number of aromatic hydroxyl groups is 2. The molecule has 11 nitrogen and oxygen atoms in total. The summed E-state index contributed by atoms with van der Waals surface area (Å²) in [4.78, 5) is 27.4. The third-order valence-electron chi connectivity index (χ3n) is 2.16. The van der Waals surface area contributed by atoms with E-state index in [1.54, 1.807) is 0 Å². The molecule has 11 heteroatoms. The Hall–Kier alpha value is -3.89. The summed E-state index contributed by atoms with van der Waals surface area (Å²) < 4.78 is 0. The Kier molecular flexibility index (Phi) is 8.33. The highest BCUT2D eigenvalue weighted by Gasteiger charge is 2.09. The van der Waals surface area contributed by atoms with Crippen LogP contribution in [-0.4, -0.2) is 36.4 Å². The summed E-state index contributed by atoms with van der Waals surface area (Å²) in [6, 6.07) is 11.1. The summed E-state index contributed by atoms with van der Waals surface area (Å²) in [7, 11) is 0. The molecule has 0 amide bonds. The maximum atomic E-state index is 10.1. The monoisotopic (exact) mass is 340 g/mol. The van der Waals surface area contributed by atoms with Gasteiger partial charge in [0.15, 0.2) is 11.5 Å². The lowest BCUT2D eigenvalue weighted by Gasteiger charge is -1.91. The van der Waals surface area contributed by atoms with Crippen molar-refractivity contribution in [1.29, 1.82) is 0 Å². The lowest BCUT2D eigenvalue weighted by atomic mass is 10.3. The number of para-hydroxylation sites is 4. The third kappa shape index (κ3) is 7.78. The van der Waals surface area contributed by atoms with Gasteiger partial charge in [-0.1, -0.05) is 24.3 Å². The molecule has 0 spiro atoms. The van der Waals surface area contributed by atoms with Gasteiger partial charge in [0.2, 0.25) is 0 Å². The fraction of sp³-hybridized carbons (Fsp3) is 0. The number of hydrogen-bond acceptors (Lipinski definition) is 7. The van der Waals surface area contributed by atoms with Crippen molar-refractivity contribution < 1.29 is 35.1 Å². The van der Waals surface area contributed by atoms with Crippen LogP contribution in [0.4, 0.5) is 16.2 Å². The highest BCUT2D eigenvalue weighted by molar-refractivity contribution is 5.53. The highest BCUT2D eigenvalue weighted by Crippen LogP contribution is 2.23. The Bertz CT molecular complexity index is 659. The number of phenols is 2. The van der Waals surface area contributed by atoms with E-state index in [4.69, 9.17) is 25.2 Å². The zero-order chi connectivity index (χ0) is 18.7. The Morgan fingerprint density at radius 2 is 1.00 bits per heavy atom. The molecule has 128 valence electrons. The molecule has 0 aliphatic rings. The molecule has 0 aliphatic heterocycles. The van der Waals surface area contributed by atoms with E-state index in [-0.39, 0.29) is 22.9 Å². The summed E-state index contributed by atoms with van der Waals surface area (Å²) in [5.74, 6) is -0.597. The number of hydrogen-bond donors (Lipinski definition) is 4. The number of carboxylic acid groups (broad SMARTS) is 2. The molecule has 0 radical (unpaired) electrons. The van der Waals surface area contributed by atoms with Crippen molar-refractivity contribution in [1.82, 2.24) is 0 Å². The maximum Gasteiger partial charge on any atom is 0.503 e. The van der Waals surface area contributed by atoms with E-state index in [0.29, 0.717) is 0 Å². The molecular weight excluding hydrogens is 328 g/mol. The summed E-state index contributed by atoms with van der Waals surface area (Å²) in [5, 5.41) is 51.8. The fourth-order valence-electron chi connectivity index (χ4n) is 1.24. The fourth-order valence-corrected chi connectivity index (χ4v) is 1.24. The van der Waals surface area contributed by atoms with Gasteiger partial charge in [-0.15, -0.1) is 0 Å². The minimum atomic E-state index is -1.83. The van der Waals surface area contributed by atoms with E-state index in [1.807, 2.05) is 0 Å². The molecule has 0 bridgehead atoms. The number of benzene rings is 2. The molecule has 0 saturated heterocycles. The van der Waals surface area contributed by atoms with Crippen LogP contribution in [0.15, 0.2) is 48.5 Å². The molecule has 0 fully saturated rings. The second-order valence-electron chi connectivity index (χ2n) is 3.77. The number of nitro groups is 2. The van der Waals surface area contributed by atoms with Gasteiger partial charge in [0.25, 0.3) is 0 Å². The second-order valence-corrected chi connectivity index (χ2v) is 3.77. The molecule has 0 unspecified atom stereocenters. The number of phenolic OH excluding ortho intramolecular Hbond substituents is 2. The predicted octanol–water partition coefficient (Wildman–Crippen LogP) is 2.82. The molecular formula is C13H12N2O9. The molecule has 0 saturated carbocycles. The molecule has 2 aromatic rings. The van der Waals surface area contributed by atoms with E-state index >= 15 is 0 Å². The smallest absolute Gasteiger partial charge is 0.502 e. The summed E-state index contributed by atoms with van der Waals surface area (Å²) in [6.45, 7) is 0. The van der Waals surface area contributed by atoms with Crippen molar-refractivity contribution in [2.24, 2.45) is 0 Å². The number of nitrogens with zero attached hydrogens (tertiary/aromatic N) is 2. The van der Waals surface area contributed by atoms with Crippen molar-refractivity contribution in [2.45, 2.75) is 0 Å². The Balaban J connectivity index is 0.000000363. The van der Waals surface area contributed by atoms with Crippen LogP contribution in [0.1, 0.15) is 0 Å². The molecule has 2 aromatic carbocycles. The zero-order valence-corrected chi connectivity index (χ0v) is 11.8. The first-order chi connectivity index (χ1) is 11.2. The number of nitro benzene ring substituents is 2. The van der Waals surface area contributed by atoms with Crippen LogP contribution >= 0.6 is 0 Å². The molecule has 0 aliphatic carbocycles. The largest absolute Gasteiger partial charge is 0.503 e. The normalized spacial score (nSPS) is 8.67. The van der Waals surface area contributed by atoms with Crippen molar-refractivity contribution in [2.75, 3.05) is 0 Å². The quantitative estimate of drug-likeness (QED) is 0.471. The van der Waals surface area contributed by atoms with Crippen LogP contribution in [0, 0.1) is 20.2 Å². The van der Waals surface area contributed by atoms with E-state index in [9.17, 15) is 20.2 Å². The maximum absolute atomic E-state index is 10.1. The van der Waals surface area contributed by atoms with Crippen LogP contribution in [-0.2, 0) is 0 Å². The standard InChI is InChI=1S/2C6H5NO3.CH2O3/c2*8-6-4-2-1-3-5(6)7(9)10;2-1(3)4/h2*1-4,8H;(H2,2,3,4). The Morgan fingerprint density at radius 1 is 0.750 bits per heavy atom. The van der Waals surface area contributed by atoms with E-state index < -0.39 is 16.0 Å². The lowest BCUT2D eigenvalue weighted by Crippen LogP contribution is -1.86. The lowest BCUT2D eigenvalue weighted by molar-refractivity contribution is -0.386. The average Bonchev–Trinajstić information content (AvgIpc) is 2.47. The van der Waals surface area contributed by atoms with E-state index in [1.165, 1.54) is 48.5 Å². The van der Waals surface area contributed by atoms with Gasteiger partial charge < -0.3 is 20.4 Å². The highest BCUT2D eigenvalue weighted by atomic mass is 16.6. The van der Waals surface area contributed by atoms with Gasteiger partial charge in [-0.25, -0.2) is 4.79 Å². The summed E-state index contributed by atoms with van der Waals surface area (Å²) in [5.41, 5.74) is -0.523. The summed E-state index contributed by atoms with van der Waals surface area (Å²) in [6.07, 6.45) is -1.83. The SMILES string of the molecule is O=C(O)O.O=[N+]([O-])c1ccccc1O.O=[N+]([O-])c1ccccc1O. The predicted molar refractivity (Wildman–Crippen MR) is 80.2 cm³/mol. The second kappa shape index (κ2) is 9.94. The minimum Gasteiger partial charge on any atom is -0.502 e. The van der Waals surface area contributed by atoms with E-state index in [2.05, 4.69) is 0 Å². The van der Waals surface area contributed by atoms with Crippen LogP contribution in [0.25, 0.3) is 0 Å². The molecule has 0 aromatic heterocycles. The van der Waals surface area contributed by atoms with Gasteiger partial charge in [0.1, 0.15) is 0 Å². The van der Waals surface area contributed by atoms with Gasteiger partial charge >= 0.3 is 17.5 Å². The van der Waals surface area contributed by atoms with Crippen LogP contribution in [0.3, 0.4) is 0 Å². The van der Waals surface area contributed by atoms with Crippen molar-refractivity contribution in [3.05, 3.63) is 68.8 Å². The zero-order valence-electron chi connectivity index (χ0n) is 11.8. The number of carbonyl (C=O) groups is 1. The Labute approximate surface area is 134 Å².